The number of nitrogens with two attached hydrogens (primary N) is 1. The van der Waals surface area contributed by atoms with Gasteiger partial charge in [0.1, 0.15) is 5.75 Å². The van der Waals surface area contributed by atoms with E-state index in [4.69, 9.17) is 15.2 Å². The van der Waals surface area contributed by atoms with Crippen LogP contribution in [0.25, 0.3) is 16.6 Å². The van der Waals surface area contributed by atoms with E-state index in [1.54, 1.807) is 0 Å². The lowest BCUT2D eigenvalue weighted by Gasteiger charge is -2.13. The van der Waals surface area contributed by atoms with Crippen molar-refractivity contribution >= 4 is 17.4 Å². The van der Waals surface area contributed by atoms with Gasteiger partial charge in [-0.15, -0.1) is 0 Å². The van der Waals surface area contributed by atoms with Crippen molar-refractivity contribution in [2.24, 2.45) is 5.73 Å². The van der Waals surface area contributed by atoms with E-state index in [0.29, 0.717) is 18.1 Å². The zero-order chi connectivity index (χ0) is 24.4. The topological polar surface area (TPSA) is 83.0 Å². The zero-order valence-electron chi connectivity index (χ0n) is 19.7. The molecule has 0 bridgehead atoms. The largest absolute Gasteiger partial charge is 0.480 e. The van der Waals surface area contributed by atoms with Crippen LogP contribution in [-0.4, -0.2) is 30.0 Å². The summed E-state index contributed by atoms with van der Waals surface area (Å²) < 4.78 is 12.7. The van der Waals surface area contributed by atoms with Crippen LogP contribution < -0.4 is 10.5 Å². The van der Waals surface area contributed by atoms with Crippen molar-refractivity contribution < 1.29 is 19.1 Å². The summed E-state index contributed by atoms with van der Waals surface area (Å²) in [7, 11) is 1.33. The second-order valence-electron chi connectivity index (χ2n) is 8.91. The van der Waals surface area contributed by atoms with Crippen molar-refractivity contribution in [3.05, 3.63) is 95.3 Å². The Hall–Kier alpha value is -4.06. The summed E-state index contributed by atoms with van der Waals surface area (Å²) in [5.41, 5.74) is 13.2. The number of rotatable bonds is 9. The molecule has 2 aromatic heterocycles. The first-order chi connectivity index (χ1) is 17.1. The van der Waals surface area contributed by atoms with Gasteiger partial charge in [-0.05, 0) is 58.7 Å². The van der Waals surface area contributed by atoms with Gasteiger partial charge in [0.25, 0.3) is 0 Å². The molecule has 4 aromatic rings. The Labute approximate surface area is 204 Å². The van der Waals surface area contributed by atoms with Crippen molar-refractivity contribution in [1.82, 2.24) is 4.40 Å². The Balaban J connectivity index is 1.67. The van der Waals surface area contributed by atoms with Gasteiger partial charge in [-0.3, -0.25) is 4.79 Å². The van der Waals surface area contributed by atoms with Gasteiger partial charge in [0.15, 0.2) is 6.61 Å². The second-order valence-corrected chi connectivity index (χ2v) is 8.91. The maximum absolute atomic E-state index is 12.1. The van der Waals surface area contributed by atoms with E-state index >= 15 is 0 Å². The molecule has 0 saturated heterocycles. The number of amides is 1. The smallest absolute Gasteiger partial charge is 0.343 e. The lowest BCUT2D eigenvalue weighted by molar-refractivity contribution is -0.142. The van der Waals surface area contributed by atoms with Gasteiger partial charge < -0.3 is 19.6 Å². The maximum atomic E-state index is 12.1. The summed E-state index contributed by atoms with van der Waals surface area (Å²) >= 11 is 0. The first-order valence-corrected chi connectivity index (χ1v) is 11.8. The van der Waals surface area contributed by atoms with E-state index in [9.17, 15) is 9.59 Å². The summed E-state index contributed by atoms with van der Waals surface area (Å²) in [4.78, 5) is 23.9. The molecule has 0 spiro atoms. The molecule has 35 heavy (non-hydrogen) atoms. The molecule has 178 valence electrons. The third kappa shape index (κ3) is 4.64. The van der Waals surface area contributed by atoms with Crippen LogP contribution in [0.5, 0.6) is 5.75 Å². The lowest BCUT2D eigenvalue weighted by Crippen LogP contribution is -2.15. The van der Waals surface area contributed by atoms with Crippen LogP contribution in [0.1, 0.15) is 41.1 Å². The van der Waals surface area contributed by atoms with E-state index in [0.717, 1.165) is 35.2 Å². The monoisotopic (exact) mass is 468 g/mol. The number of carbonyl (C=O) groups excluding carboxylic acids is 2. The highest BCUT2D eigenvalue weighted by Crippen LogP contribution is 2.47. The highest BCUT2D eigenvalue weighted by Gasteiger charge is 2.33. The number of primary amides is 1. The SMILES string of the molecule is COC(=O)COc1cccn2c(Cc3ccccc3-c3ccccc3)c(C3CC3)c(CC(N)=O)c12. The first kappa shape index (κ1) is 22.7. The Kier molecular flexibility index (Phi) is 6.27. The average molecular weight is 469 g/mol. The molecule has 6 heteroatoms. The molecule has 2 N–H and O–H groups in total. The van der Waals surface area contributed by atoms with Gasteiger partial charge in [0.2, 0.25) is 5.91 Å². The molecule has 2 heterocycles. The van der Waals surface area contributed by atoms with Gasteiger partial charge in [0.05, 0.1) is 19.0 Å². The Bertz CT molecular complexity index is 1390. The normalized spacial score (nSPS) is 13.1. The summed E-state index contributed by atoms with van der Waals surface area (Å²) in [5.74, 6) is 0.0723. The molecule has 0 unspecified atom stereocenters. The van der Waals surface area contributed by atoms with Crippen LogP contribution >= 0.6 is 0 Å². The molecule has 1 aliphatic carbocycles. The van der Waals surface area contributed by atoms with Crippen molar-refractivity contribution in [2.75, 3.05) is 13.7 Å². The molecular formula is C29H28N2O4. The van der Waals surface area contributed by atoms with Crippen LogP contribution in [0.15, 0.2) is 72.9 Å². The number of hydrogen-bond acceptors (Lipinski definition) is 4. The van der Waals surface area contributed by atoms with Crippen LogP contribution in [0.2, 0.25) is 0 Å². The fourth-order valence-corrected chi connectivity index (χ4v) is 4.89. The van der Waals surface area contributed by atoms with E-state index in [-0.39, 0.29) is 13.0 Å². The minimum atomic E-state index is -0.463. The quantitative estimate of drug-likeness (QED) is 0.362. The van der Waals surface area contributed by atoms with Gasteiger partial charge in [-0.2, -0.15) is 0 Å². The number of fused-ring (bicyclic) bond motifs is 1. The summed E-state index contributed by atoms with van der Waals surface area (Å²) in [6, 6.07) is 22.5. The lowest BCUT2D eigenvalue weighted by atomic mass is 9.93. The molecule has 0 aliphatic heterocycles. The minimum absolute atomic E-state index is 0.119. The van der Waals surface area contributed by atoms with Gasteiger partial charge in [-0.25, -0.2) is 4.79 Å². The molecule has 1 fully saturated rings. The molecule has 1 amide bonds. The van der Waals surface area contributed by atoms with Gasteiger partial charge in [0, 0.05) is 18.3 Å². The summed E-state index contributed by atoms with van der Waals surface area (Å²) in [5, 5.41) is 0. The van der Waals surface area contributed by atoms with E-state index in [1.807, 2.05) is 36.5 Å². The highest BCUT2D eigenvalue weighted by molar-refractivity contribution is 5.84. The minimum Gasteiger partial charge on any atom is -0.480 e. The van der Waals surface area contributed by atoms with Crippen LogP contribution in [0, 0.1) is 0 Å². The number of ether oxygens (including phenoxy) is 2. The van der Waals surface area contributed by atoms with Crippen LogP contribution in [0.3, 0.4) is 0 Å². The van der Waals surface area contributed by atoms with E-state index in [1.165, 1.54) is 23.8 Å². The number of benzene rings is 2. The van der Waals surface area contributed by atoms with Crippen molar-refractivity contribution in [3.8, 4) is 16.9 Å². The van der Waals surface area contributed by atoms with Gasteiger partial charge >= 0.3 is 5.97 Å². The molecule has 0 radical (unpaired) electrons. The highest BCUT2D eigenvalue weighted by atomic mass is 16.6. The summed E-state index contributed by atoms with van der Waals surface area (Å²) in [6.07, 6.45) is 4.96. The van der Waals surface area contributed by atoms with Gasteiger partial charge in [-0.1, -0.05) is 54.6 Å². The average Bonchev–Trinajstić information content (AvgIpc) is 3.67. The molecule has 0 atom stereocenters. The third-order valence-electron chi connectivity index (χ3n) is 6.54. The van der Waals surface area contributed by atoms with E-state index < -0.39 is 11.9 Å². The molecule has 1 saturated carbocycles. The first-order valence-electron chi connectivity index (χ1n) is 11.8. The molecule has 6 nitrogen and oxygen atoms in total. The van der Waals surface area contributed by atoms with Crippen molar-refractivity contribution in [1.29, 1.82) is 0 Å². The maximum Gasteiger partial charge on any atom is 0.343 e. The predicted octanol–water partition coefficient (Wildman–Crippen LogP) is 4.65. The number of carbonyl (C=O) groups is 2. The fourth-order valence-electron chi connectivity index (χ4n) is 4.89. The molecular weight excluding hydrogens is 440 g/mol. The predicted molar refractivity (Wildman–Crippen MR) is 134 cm³/mol. The standard InChI is InChI=1S/C29H28N2O4/c1-34-27(33)18-35-25-12-7-15-31-24(28(20-13-14-20)23(29(25)31)17-26(30)32)16-21-10-5-6-11-22(21)19-8-3-2-4-9-19/h2-12,15,20H,13-14,16-18H2,1H3,(H2,30,32). The Morgan fingerprint density at radius 2 is 1.74 bits per heavy atom. The molecule has 2 aromatic carbocycles. The number of nitrogens with zero attached hydrogens (tertiary/aromatic N) is 1. The third-order valence-corrected chi connectivity index (χ3v) is 6.54. The summed E-state index contributed by atoms with van der Waals surface area (Å²) in [6.45, 7) is -0.206. The Morgan fingerprint density at radius 3 is 2.46 bits per heavy atom. The second kappa shape index (κ2) is 9.66. The van der Waals surface area contributed by atoms with Crippen molar-refractivity contribution in [3.63, 3.8) is 0 Å². The fraction of sp³-hybridized carbons (Fsp3) is 0.241. The zero-order valence-corrected chi connectivity index (χ0v) is 19.7. The van der Waals surface area contributed by atoms with Crippen molar-refractivity contribution in [2.45, 2.75) is 31.6 Å². The van der Waals surface area contributed by atoms with Crippen LogP contribution in [0.4, 0.5) is 0 Å². The number of pyridine rings is 1. The van der Waals surface area contributed by atoms with Crippen LogP contribution in [-0.2, 0) is 27.2 Å². The number of aromatic nitrogens is 1. The number of methoxy groups -OCH3 is 1. The number of esters is 1. The Morgan fingerprint density at radius 1 is 1.00 bits per heavy atom. The van der Waals surface area contributed by atoms with E-state index in [2.05, 4.69) is 40.8 Å². The molecule has 5 rings (SSSR count). The number of hydrogen-bond donors (Lipinski definition) is 1. The molecule has 1 aliphatic rings.